The summed E-state index contributed by atoms with van der Waals surface area (Å²) in [7, 11) is 2.02. The minimum absolute atomic E-state index is 0.640. The van der Waals surface area contributed by atoms with Gasteiger partial charge >= 0.3 is 0 Å². The highest BCUT2D eigenvalue weighted by atomic mass is 35.5. The van der Waals surface area contributed by atoms with Crippen molar-refractivity contribution < 1.29 is 4.74 Å². The van der Waals surface area contributed by atoms with Crippen molar-refractivity contribution in [1.82, 2.24) is 10.2 Å². The molecule has 3 nitrogen and oxygen atoms in total. The Bertz CT molecular complexity index is 359. The highest BCUT2D eigenvalue weighted by Gasteiger charge is 2.20. The molecule has 1 aromatic rings. The van der Waals surface area contributed by atoms with Gasteiger partial charge in [-0.25, -0.2) is 0 Å². The molecular weight excluding hydrogens is 236 g/mol. The summed E-state index contributed by atoms with van der Waals surface area (Å²) in [5.74, 6) is 0.849. The average molecular weight is 255 g/mol. The molecule has 1 unspecified atom stereocenters. The largest absolute Gasteiger partial charge is 0.492 e. The Balaban J connectivity index is 1.70. The predicted molar refractivity (Wildman–Crippen MR) is 70.9 cm³/mol. The Labute approximate surface area is 108 Å². The molecule has 17 heavy (non-hydrogen) atoms. The molecule has 0 spiro atoms. The van der Waals surface area contributed by atoms with Crippen molar-refractivity contribution in [3.05, 3.63) is 29.3 Å². The van der Waals surface area contributed by atoms with Crippen molar-refractivity contribution in [2.24, 2.45) is 0 Å². The van der Waals surface area contributed by atoms with Gasteiger partial charge in [0.15, 0.2) is 0 Å². The van der Waals surface area contributed by atoms with Crippen LogP contribution in [0, 0.1) is 0 Å². The van der Waals surface area contributed by atoms with E-state index < -0.39 is 0 Å². The van der Waals surface area contributed by atoms with Gasteiger partial charge in [-0.05, 0) is 38.2 Å². The van der Waals surface area contributed by atoms with Crippen LogP contribution >= 0.6 is 11.6 Å². The third kappa shape index (κ3) is 3.87. The third-order valence-corrected chi connectivity index (χ3v) is 3.39. The van der Waals surface area contributed by atoms with E-state index in [1.165, 1.54) is 6.42 Å². The summed E-state index contributed by atoms with van der Waals surface area (Å²) in [4.78, 5) is 2.42. The minimum atomic E-state index is 0.640. The first-order valence-electron chi connectivity index (χ1n) is 6.06. The Hall–Kier alpha value is -0.770. The average Bonchev–Trinajstić information content (AvgIpc) is 2.77. The first-order valence-corrected chi connectivity index (χ1v) is 6.43. The molecule has 1 aromatic carbocycles. The van der Waals surface area contributed by atoms with Gasteiger partial charge in [0, 0.05) is 24.2 Å². The topological polar surface area (TPSA) is 24.5 Å². The highest BCUT2D eigenvalue weighted by molar-refractivity contribution is 6.30. The fourth-order valence-electron chi connectivity index (χ4n) is 2.12. The molecule has 2 rings (SSSR count). The van der Waals surface area contributed by atoms with Crippen molar-refractivity contribution in [2.45, 2.75) is 12.5 Å². The van der Waals surface area contributed by atoms with Gasteiger partial charge in [-0.1, -0.05) is 17.7 Å². The lowest BCUT2D eigenvalue weighted by atomic mass is 10.3. The number of nitrogens with one attached hydrogen (secondary N) is 1. The van der Waals surface area contributed by atoms with E-state index in [0.717, 1.165) is 37.0 Å². The molecule has 1 fully saturated rings. The summed E-state index contributed by atoms with van der Waals surface area (Å²) in [6, 6.07) is 8.19. The molecule has 0 saturated carbocycles. The summed E-state index contributed by atoms with van der Waals surface area (Å²) in [6.45, 7) is 3.97. The van der Waals surface area contributed by atoms with Crippen molar-refractivity contribution in [3.8, 4) is 5.75 Å². The van der Waals surface area contributed by atoms with E-state index in [1.54, 1.807) is 0 Å². The van der Waals surface area contributed by atoms with Gasteiger partial charge in [0.25, 0.3) is 0 Å². The number of rotatable bonds is 5. The monoisotopic (exact) mass is 254 g/mol. The molecule has 1 aliphatic rings. The Morgan fingerprint density at radius 1 is 1.53 bits per heavy atom. The standard InChI is InChI=1S/C13H19ClN2O/c1-15-12-5-6-16(10-12)7-8-17-13-4-2-3-11(14)9-13/h2-4,9,12,15H,5-8,10H2,1H3. The number of ether oxygens (including phenoxy) is 1. The number of halogens is 1. The zero-order valence-electron chi connectivity index (χ0n) is 10.2. The lowest BCUT2D eigenvalue weighted by Gasteiger charge is -2.16. The number of likely N-dealkylation sites (tertiary alicyclic amines) is 1. The quantitative estimate of drug-likeness (QED) is 0.870. The Morgan fingerprint density at radius 2 is 2.41 bits per heavy atom. The number of benzene rings is 1. The predicted octanol–water partition coefficient (Wildman–Crippen LogP) is 2.01. The van der Waals surface area contributed by atoms with Crippen LogP contribution in [0.25, 0.3) is 0 Å². The maximum absolute atomic E-state index is 5.89. The van der Waals surface area contributed by atoms with Crippen molar-refractivity contribution in [2.75, 3.05) is 33.3 Å². The lowest BCUT2D eigenvalue weighted by Crippen LogP contribution is -2.31. The molecule has 0 amide bonds. The lowest BCUT2D eigenvalue weighted by molar-refractivity contribution is 0.235. The van der Waals surface area contributed by atoms with Gasteiger partial charge in [-0.15, -0.1) is 0 Å². The number of hydrogen-bond donors (Lipinski definition) is 1. The van der Waals surface area contributed by atoms with E-state index in [4.69, 9.17) is 16.3 Å². The van der Waals surface area contributed by atoms with Crippen LogP contribution < -0.4 is 10.1 Å². The second-order valence-corrected chi connectivity index (χ2v) is 4.82. The molecule has 94 valence electrons. The van der Waals surface area contributed by atoms with Gasteiger partial charge < -0.3 is 10.1 Å². The van der Waals surface area contributed by atoms with Crippen molar-refractivity contribution >= 4 is 11.6 Å². The molecule has 0 bridgehead atoms. The molecule has 1 aliphatic heterocycles. The molecule has 4 heteroatoms. The first-order chi connectivity index (χ1) is 8.28. The van der Waals surface area contributed by atoms with Gasteiger partial charge in [-0.3, -0.25) is 4.90 Å². The van der Waals surface area contributed by atoms with E-state index in [1.807, 2.05) is 31.3 Å². The van der Waals surface area contributed by atoms with E-state index in [2.05, 4.69) is 10.2 Å². The minimum Gasteiger partial charge on any atom is -0.492 e. The van der Waals surface area contributed by atoms with Crippen LogP contribution in [0.15, 0.2) is 24.3 Å². The maximum Gasteiger partial charge on any atom is 0.120 e. The van der Waals surface area contributed by atoms with Gasteiger partial charge in [-0.2, -0.15) is 0 Å². The molecule has 0 aromatic heterocycles. The molecule has 0 radical (unpaired) electrons. The number of hydrogen-bond acceptors (Lipinski definition) is 3. The van der Waals surface area contributed by atoms with E-state index in [0.29, 0.717) is 6.04 Å². The van der Waals surface area contributed by atoms with Gasteiger partial charge in [0.1, 0.15) is 12.4 Å². The van der Waals surface area contributed by atoms with Gasteiger partial charge in [0.05, 0.1) is 0 Å². The maximum atomic E-state index is 5.89. The molecule has 1 saturated heterocycles. The number of nitrogens with zero attached hydrogens (tertiary/aromatic N) is 1. The fraction of sp³-hybridized carbons (Fsp3) is 0.538. The SMILES string of the molecule is CNC1CCN(CCOc2cccc(Cl)c2)C1. The molecule has 0 aliphatic carbocycles. The zero-order chi connectivity index (χ0) is 12.1. The highest BCUT2D eigenvalue weighted by Crippen LogP contribution is 2.17. The molecule has 1 heterocycles. The van der Waals surface area contributed by atoms with Crippen LogP contribution in [-0.4, -0.2) is 44.2 Å². The van der Waals surface area contributed by atoms with Crippen LogP contribution in [0.2, 0.25) is 5.02 Å². The third-order valence-electron chi connectivity index (χ3n) is 3.15. The molecule has 1 N–H and O–H groups in total. The summed E-state index contributed by atoms with van der Waals surface area (Å²) in [5, 5.41) is 4.03. The Morgan fingerprint density at radius 3 is 3.12 bits per heavy atom. The molecular formula is C13H19ClN2O. The van der Waals surface area contributed by atoms with E-state index in [9.17, 15) is 0 Å². The van der Waals surface area contributed by atoms with Crippen molar-refractivity contribution in [1.29, 1.82) is 0 Å². The van der Waals surface area contributed by atoms with Crippen LogP contribution in [0.4, 0.5) is 0 Å². The van der Waals surface area contributed by atoms with Crippen LogP contribution in [-0.2, 0) is 0 Å². The normalized spacial score (nSPS) is 20.7. The second-order valence-electron chi connectivity index (χ2n) is 4.38. The van der Waals surface area contributed by atoms with Crippen molar-refractivity contribution in [3.63, 3.8) is 0 Å². The summed E-state index contributed by atoms with van der Waals surface area (Å²) >= 11 is 5.89. The smallest absolute Gasteiger partial charge is 0.120 e. The zero-order valence-corrected chi connectivity index (χ0v) is 10.9. The summed E-state index contributed by atoms with van der Waals surface area (Å²) in [6.07, 6.45) is 1.23. The van der Waals surface area contributed by atoms with Crippen LogP contribution in [0.1, 0.15) is 6.42 Å². The van der Waals surface area contributed by atoms with E-state index in [-0.39, 0.29) is 0 Å². The van der Waals surface area contributed by atoms with Crippen LogP contribution in [0.3, 0.4) is 0 Å². The fourth-order valence-corrected chi connectivity index (χ4v) is 2.30. The van der Waals surface area contributed by atoms with Gasteiger partial charge in [0.2, 0.25) is 0 Å². The summed E-state index contributed by atoms with van der Waals surface area (Å²) in [5.41, 5.74) is 0. The first kappa shape index (κ1) is 12.7. The molecule has 1 atom stereocenters. The number of likely N-dealkylation sites (N-methyl/N-ethyl adjacent to an activating group) is 1. The van der Waals surface area contributed by atoms with Crippen LogP contribution in [0.5, 0.6) is 5.75 Å². The summed E-state index contributed by atoms with van der Waals surface area (Å²) < 4.78 is 5.67. The van der Waals surface area contributed by atoms with E-state index >= 15 is 0 Å². The Kier molecular flexibility index (Phi) is 4.66. The second kappa shape index (κ2) is 6.24.